The van der Waals surface area contributed by atoms with Crippen LogP contribution in [0.1, 0.15) is 30.4 Å². The van der Waals surface area contributed by atoms with Crippen LogP contribution in [0.25, 0.3) is 0 Å². The van der Waals surface area contributed by atoms with Crippen LogP contribution in [0.15, 0.2) is 36.4 Å². The first-order chi connectivity index (χ1) is 9.40. The monoisotopic (exact) mass is 256 g/mol. The first-order valence-corrected chi connectivity index (χ1v) is 7.59. The number of hydrogen-bond donors (Lipinski definition) is 1. The molecule has 2 heteroatoms. The minimum absolute atomic E-state index is 0.825. The number of rotatable bonds is 6. The molecular weight excluding hydrogens is 232 g/mol. The van der Waals surface area contributed by atoms with Crippen molar-refractivity contribution in [2.24, 2.45) is 0 Å². The SMILES string of the molecule is C1=CCN(Cc2ccc(CCNC3CC3)cc2)CC1. The summed E-state index contributed by atoms with van der Waals surface area (Å²) in [6.07, 6.45) is 9.68. The van der Waals surface area contributed by atoms with Gasteiger partial charge in [0.25, 0.3) is 0 Å². The highest BCUT2D eigenvalue weighted by molar-refractivity contribution is 5.23. The lowest BCUT2D eigenvalue weighted by Gasteiger charge is -2.23. The molecule has 1 aromatic carbocycles. The fourth-order valence-corrected chi connectivity index (χ4v) is 2.61. The molecule has 2 nitrogen and oxygen atoms in total. The third kappa shape index (κ3) is 4.19. The van der Waals surface area contributed by atoms with Gasteiger partial charge in [-0.2, -0.15) is 0 Å². The molecule has 0 atom stereocenters. The second kappa shape index (κ2) is 6.36. The van der Waals surface area contributed by atoms with Gasteiger partial charge in [-0.3, -0.25) is 4.90 Å². The zero-order valence-corrected chi connectivity index (χ0v) is 11.6. The molecule has 0 spiro atoms. The zero-order chi connectivity index (χ0) is 12.9. The van der Waals surface area contributed by atoms with Crippen molar-refractivity contribution in [2.75, 3.05) is 19.6 Å². The molecule has 1 fully saturated rings. The van der Waals surface area contributed by atoms with E-state index in [4.69, 9.17) is 0 Å². The maximum Gasteiger partial charge on any atom is 0.0237 e. The van der Waals surface area contributed by atoms with Crippen LogP contribution in [0.2, 0.25) is 0 Å². The maximum atomic E-state index is 3.57. The Morgan fingerprint density at radius 3 is 2.53 bits per heavy atom. The first-order valence-electron chi connectivity index (χ1n) is 7.59. The Balaban J connectivity index is 1.45. The maximum absolute atomic E-state index is 3.57. The molecule has 0 radical (unpaired) electrons. The minimum atomic E-state index is 0.825. The lowest BCUT2D eigenvalue weighted by atomic mass is 10.1. The van der Waals surface area contributed by atoms with E-state index < -0.39 is 0 Å². The van der Waals surface area contributed by atoms with Gasteiger partial charge in [0.05, 0.1) is 0 Å². The average Bonchev–Trinajstić information content (AvgIpc) is 3.26. The van der Waals surface area contributed by atoms with Crippen molar-refractivity contribution in [3.8, 4) is 0 Å². The lowest BCUT2D eigenvalue weighted by Crippen LogP contribution is -2.26. The van der Waals surface area contributed by atoms with E-state index in [1.165, 1.54) is 36.9 Å². The fourth-order valence-electron chi connectivity index (χ4n) is 2.61. The number of nitrogens with one attached hydrogen (secondary N) is 1. The summed E-state index contributed by atoms with van der Waals surface area (Å²) in [5.74, 6) is 0. The second-order valence-corrected chi connectivity index (χ2v) is 5.79. The minimum Gasteiger partial charge on any atom is -0.314 e. The molecule has 1 N–H and O–H groups in total. The normalized spacial score (nSPS) is 19.8. The van der Waals surface area contributed by atoms with Gasteiger partial charge in [-0.1, -0.05) is 36.4 Å². The van der Waals surface area contributed by atoms with Crippen molar-refractivity contribution in [1.29, 1.82) is 0 Å². The van der Waals surface area contributed by atoms with Crippen molar-refractivity contribution >= 4 is 0 Å². The van der Waals surface area contributed by atoms with Crippen molar-refractivity contribution < 1.29 is 0 Å². The second-order valence-electron chi connectivity index (χ2n) is 5.79. The van der Waals surface area contributed by atoms with E-state index in [0.29, 0.717) is 0 Å². The summed E-state index contributed by atoms with van der Waals surface area (Å²) in [6.45, 7) is 4.52. The van der Waals surface area contributed by atoms with E-state index >= 15 is 0 Å². The number of benzene rings is 1. The van der Waals surface area contributed by atoms with Gasteiger partial charge < -0.3 is 5.32 Å². The highest BCUT2D eigenvalue weighted by Crippen LogP contribution is 2.18. The van der Waals surface area contributed by atoms with E-state index in [2.05, 4.69) is 46.6 Å². The average molecular weight is 256 g/mol. The smallest absolute Gasteiger partial charge is 0.0237 e. The summed E-state index contributed by atoms with van der Waals surface area (Å²) in [4.78, 5) is 2.50. The fraction of sp³-hybridized carbons (Fsp3) is 0.529. The van der Waals surface area contributed by atoms with Gasteiger partial charge in [-0.25, -0.2) is 0 Å². The van der Waals surface area contributed by atoms with E-state index in [-0.39, 0.29) is 0 Å². The van der Waals surface area contributed by atoms with Crippen molar-refractivity contribution in [3.63, 3.8) is 0 Å². The van der Waals surface area contributed by atoms with Crippen LogP contribution in [0.5, 0.6) is 0 Å². The third-order valence-corrected chi connectivity index (χ3v) is 4.00. The van der Waals surface area contributed by atoms with Gasteiger partial charge in [0.2, 0.25) is 0 Å². The number of hydrogen-bond acceptors (Lipinski definition) is 2. The lowest BCUT2D eigenvalue weighted by molar-refractivity contribution is 0.290. The number of nitrogens with zero attached hydrogens (tertiary/aromatic N) is 1. The summed E-state index contributed by atoms with van der Waals surface area (Å²) < 4.78 is 0. The summed E-state index contributed by atoms with van der Waals surface area (Å²) in [5.41, 5.74) is 2.89. The van der Waals surface area contributed by atoms with Crippen LogP contribution in [0.3, 0.4) is 0 Å². The Morgan fingerprint density at radius 1 is 1.05 bits per heavy atom. The van der Waals surface area contributed by atoms with Crippen molar-refractivity contribution in [3.05, 3.63) is 47.5 Å². The predicted octanol–water partition coefficient (Wildman–Crippen LogP) is 2.74. The Bertz CT molecular complexity index is 417. The van der Waals surface area contributed by atoms with Gasteiger partial charge in [0.15, 0.2) is 0 Å². The molecule has 19 heavy (non-hydrogen) atoms. The summed E-state index contributed by atoms with van der Waals surface area (Å²) in [7, 11) is 0. The Labute approximate surface area is 116 Å². The van der Waals surface area contributed by atoms with Gasteiger partial charge >= 0.3 is 0 Å². The van der Waals surface area contributed by atoms with Gasteiger partial charge in [-0.15, -0.1) is 0 Å². The molecule has 0 amide bonds. The zero-order valence-electron chi connectivity index (χ0n) is 11.6. The van der Waals surface area contributed by atoms with E-state index in [0.717, 1.165) is 32.1 Å². The molecule has 1 saturated carbocycles. The molecule has 0 bridgehead atoms. The third-order valence-electron chi connectivity index (χ3n) is 4.00. The van der Waals surface area contributed by atoms with E-state index in [9.17, 15) is 0 Å². The van der Waals surface area contributed by atoms with Crippen molar-refractivity contribution in [1.82, 2.24) is 10.2 Å². The largest absolute Gasteiger partial charge is 0.314 e. The standard InChI is InChI=1S/C17H24N2/c1-2-12-19(13-3-1)14-16-6-4-15(5-7-16)10-11-18-17-8-9-17/h1-2,4-7,17-18H,3,8-14H2. The molecule has 1 aliphatic carbocycles. The highest BCUT2D eigenvalue weighted by Gasteiger charge is 2.19. The van der Waals surface area contributed by atoms with Gasteiger partial charge in [0.1, 0.15) is 0 Å². The van der Waals surface area contributed by atoms with E-state index in [1.807, 2.05) is 0 Å². The van der Waals surface area contributed by atoms with Gasteiger partial charge in [-0.05, 0) is 43.4 Å². The van der Waals surface area contributed by atoms with Crippen LogP contribution in [0.4, 0.5) is 0 Å². The Morgan fingerprint density at radius 2 is 1.84 bits per heavy atom. The molecule has 2 aliphatic rings. The highest BCUT2D eigenvalue weighted by atomic mass is 15.1. The quantitative estimate of drug-likeness (QED) is 0.787. The van der Waals surface area contributed by atoms with Crippen LogP contribution in [-0.4, -0.2) is 30.6 Å². The molecular formula is C17H24N2. The van der Waals surface area contributed by atoms with Crippen LogP contribution >= 0.6 is 0 Å². The molecule has 1 heterocycles. The molecule has 1 aliphatic heterocycles. The molecule has 0 unspecified atom stereocenters. The first kappa shape index (κ1) is 12.9. The van der Waals surface area contributed by atoms with E-state index in [1.54, 1.807) is 0 Å². The summed E-state index contributed by atoms with van der Waals surface area (Å²) >= 11 is 0. The van der Waals surface area contributed by atoms with Crippen LogP contribution in [0, 0.1) is 0 Å². The Hall–Kier alpha value is -1.12. The molecule has 0 saturated heterocycles. The summed E-state index contributed by atoms with van der Waals surface area (Å²) in [5, 5.41) is 3.57. The van der Waals surface area contributed by atoms with Crippen LogP contribution < -0.4 is 5.32 Å². The molecule has 102 valence electrons. The van der Waals surface area contributed by atoms with Gasteiger partial charge in [0, 0.05) is 25.7 Å². The molecule has 3 rings (SSSR count). The summed E-state index contributed by atoms with van der Waals surface area (Å²) in [6, 6.07) is 10.0. The Kier molecular flexibility index (Phi) is 4.31. The predicted molar refractivity (Wildman–Crippen MR) is 80.2 cm³/mol. The topological polar surface area (TPSA) is 15.3 Å². The van der Waals surface area contributed by atoms with Crippen LogP contribution in [-0.2, 0) is 13.0 Å². The van der Waals surface area contributed by atoms with Crippen molar-refractivity contribution in [2.45, 2.75) is 38.3 Å². The molecule has 1 aromatic rings. The molecule has 0 aromatic heterocycles.